The summed E-state index contributed by atoms with van der Waals surface area (Å²) in [6.45, 7) is 10.0. The second kappa shape index (κ2) is 11.8. The number of hydrogen-bond acceptors (Lipinski definition) is 9. The van der Waals surface area contributed by atoms with Crippen molar-refractivity contribution in [1.29, 1.82) is 0 Å². The Bertz CT molecular complexity index is 1430. The van der Waals surface area contributed by atoms with E-state index < -0.39 is 17.7 Å². The molecular formula is C29H31N3O6S. The normalized spacial score (nSPS) is 16.7. The van der Waals surface area contributed by atoms with E-state index in [0.717, 1.165) is 17.8 Å². The van der Waals surface area contributed by atoms with Crippen molar-refractivity contribution < 1.29 is 29.0 Å². The number of ether oxygens (including phenoxy) is 2. The van der Waals surface area contributed by atoms with Gasteiger partial charge in [0, 0.05) is 24.9 Å². The number of pyridine rings is 1. The molecule has 2 aromatic heterocycles. The molecule has 0 aliphatic carbocycles. The average Bonchev–Trinajstić information content (AvgIpc) is 3.41. The van der Waals surface area contributed by atoms with Gasteiger partial charge in [0.25, 0.3) is 5.78 Å². The molecule has 0 spiro atoms. The maximum atomic E-state index is 13.5. The van der Waals surface area contributed by atoms with Crippen molar-refractivity contribution in [1.82, 2.24) is 9.97 Å². The first-order valence-corrected chi connectivity index (χ1v) is 13.5. The summed E-state index contributed by atoms with van der Waals surface area (Å²) in [5.41, 5.74) is 1.22. The molecule has 204 valence electrons. The molecule has 0 saturated carbocycles. The molecule has 1 unspecified atom stereocenters. The topological polar surface area (TPSA) is 119 Å². The maximum Gasteiger partial charge on any atom is 0.301 e. The lowest BCUT2D eigenvalue weighted by Gasteiger charge is -2.24. The second-order valence-corrected chi connectivity index (χ2v) is 10.5. The largest absolute Gasteiger partial charge is 0.507 e. The second-order valence-electron chi connectivity index (χ2n) is 9.54. The fraction of sp³-hybridized carbons (Fsp3) is 0.345. The van der Waals surface area contributed by atoms with Gasteiger partial charge in [-0.2, -0.15) is 0 Å². The van der Waals surface area contributed by atoms with Crippen LogP contribution >= 0.6 is 11.3 Å². The molecule has 1 N–H and O–H groups in total. The smallest absolute Gasteiger partial charge is 0.301 e. The molecule has 1 fully saturated rings. The summed E-state index contributed by atoms with van der Waals surface area (Å²) in [6, 6.07) is 7.28. The molecule has 1 aliphatic rings. The van der Waals surface area contributed by atoms with Crippen LogP contribution in [-0.2, 0) is 9.59 Å². The molecule has 0 bridgehead atoms. The van der Waals surface area contributed by atoms with E-state index in [1.165, 1.54) is 24.2 Å². The maximum absolute atomic E-state index is 13.5. The molecule has 9 nitrogen and oxygen atoms in total. The molecule has 1 saturated heterocycles. The summed E-state index contributed by atoms with van der Waals surface area (Å²) >= 11 is 1.03. The van der Waals surface area contributed by atoms with Gasteiger partial charge in [0.05, 0.1) is 35.4 Å². The van der Waals surface area contributed by atoms with Crippen LogP contribution in [0.4, 0.5) is 5.13 Å². The van der Waals surface area contributed by atoms with Crippen molar-refractivity contribution in [3.8, 4) is 11.5 Å². The highest BCUT2D eigenvalue weighted by atomic mass is 32.1. The third kappa shape index (κ3) is 5.70. The number of benzene rings is 1. The van der Waals surface area contributed by atoms with Crippen molar-refractivity contribution in [3.63, 3.8) is 0 Å². The van der Waals surface area contributed by atoms with E-state index in [4.69, 9.17) is 9.47 Å². The highest BCUT2D eigenvalue weighted by Crippen LogP contribution is 2.45. The highest BCUT2D eigenvalue weighted by Gasteiger charge is 2.48. The Morgan fingerprint density at radius 1 is 1.13 bits per heavy atom. The fourth-order valence-electron chi connectivity index (χ4n) is 4.31. The number of amides is 1. The highest BCUT2D eigenvalue weighted by molar-refractivity contribution is 7.18. The van der Waals surface area contributed by atoms with Crippen LogP contribution in [-0.4, -0.2) is 45.8 Å². The minimum absolute atomic E-state index is 0.0978. The zero-order valence-electron chi connectivity index (χ0n) is 22.6. The Hall–Kier alpha value is -4.05. The number of carbonyl (C=O) groups is 3. The molecule has 1 amide bonds. The molecule has 39 heavy (non-hydrogen) atoms. The zero-order chi connectivity index (χ0) is 28.3. The Balaban J connectivity index is 1.89. The van der Waals surface area contributed by atoms with E-state index in [2.05, 4.69) is 23.8 Å². The van der Waals surface area contributed by atoms with Crippen LogP contribution in [0.1, 0.15) is 66.7 Å². The zero-order valence-corrected chi connectivity index (χ0v) is 23.4. The van der Waals surface area contributed by atoms with E-state index >= 15 is 0 Å². The van der Waals surface area contributed by atoms with E-state index in [0.29, 0.717) is 52.3 Å². The number of thiazole rings is 1. The van der Waals surface area contributed by atoms with Gasteiger partial charge in [0.15, 0.2) is 22.4 Å². The third-order valence-corrected chi connectivity index (χ3v) is 7.50. The Labute approximate surface area is 231 Å². The number of carbonyl (C=O) groups excluding carboxylic acids is 3. The van der Waals surface area contributed by atoms with Crippen molar-refractivity contribution >= 4 is 39.7 Å². The van der Waals surface area contributed by atoms with Crippen molar-refractivity contribution in [2.24, 2.45) is 5.92 Å². The van der Waals surface area contributed by atoms with Crippen LogP contribution in [0.25, 0.3) is 5.76 Å². The molecule has 4 rings (SSSR count). The summed E-state index contributed by atoms with van der Waals surface area (Å²) < 4.78 is 11.8. The Kier molecular flexibility index (Phi) is 8.44. The molecule has 3 heterocycles. The summed E-state index contributed by atoms with van der Waals surface area (Å²) in [7, 11) is 0. The third-order valence-electron chi connectivity index (χ3n) is 6.25. The van der Waals surface area contributed by atoms with Crippen molar-refractivity contribution in [3.05, 3.63) is 70.0 Å². The number of aryl methyl sites for hydroxylation is 1. The lowest BCUT2D eigenvalue weighted by atomic mass is 9.95. The van der Waals surface area contributed by atoms with E-state index in [9.17, 15) is 19.5 Å². The average molecular weight is 550 g/mol. The van der Waals surface area contributed by atoms with Crippen LogP contribution < -0.4 is 14.4 Å². The molecule has 0 radical (unpaired) electrons. The minimum atomic E-state index is -1.02. The molecule has 1 aromatic carbocycles. The Morgan fingerprint density at radius 2 is 1.85 bits per heavy atom. The molecule has 1 aliphatic heterocycles. The first-order valence-electron chi connectivity index (χ1n) is 12.7. The monoisotopic (exact) mass is 549 g/mol. The van der Waals surface area contributed by atoms with Crippen LogP contribution in [0.15, 0.2) is 48.3 Å². The summed E-state index contributed by atoms with van der Waals surface area (Å²) in [5, 5.41) is 11.5. The van der Waals surface area contributed by atoms with Gasteiger partial charge >= 0.3 is 5.91 Å². The van der Waals surface area contributed by atoms with Crippen molar-refractivity contribution in [2.75, 3.05) is 18.1 Å². The number of rotatable bonds is 10. The number of aliphatic hydroxyl groups is 1. The van der Waals surface area contributed by atoms with Crippen LogP contribution in [0.2, 0.25) is 0 Å². The SMILES string of the molecule is CCOc1cc(C2C(=C(O)c3ccncc3)C(=O)C(=O)N2c2nc(C)c(C(C)=O)s2)ccc1OCCC(C)C. The number of hydrogen-bond donors (Lipinski definition) is 1. The quantitative estimate of drug-likeness (QED) is 0.152. The Morgan fingerprint density at radius 3 is 2.46 bits per heavy atom. The number of aromatic nitrogens is 2. The van der Waals surface area contributed by atoms with Gasteiger partial charge in [-0.05, 0) is 56.0 Å². The first kappa shape index (κ1) is 28.0. The predicted molar refractivity (Wildman–Crippen MR) is 148 cm³/mol. The van der Waals surface area contributed by atoms with Gasteiger partial charge in [-0.15, -0.1) is 0 Å². The first-order chi connectivity index (χ1) is 18.6. The summed E-state index contributed by atoms with van der Waals surface area (Å²) in [4.78, 5) is 49.1. The molecule has 1 atom stereocenters. The van der Waals surface area contributed by atoms with Gasteiger partial charge in [-0.3, -0.25) is 24.3 Å². The van der Waals surface area contributed by atoms with Crippen LogP contribution in [0.5, 0.6) is 11.5 Å². The van der Waals surface area contributed by atoms with Gasteiger partial charge in [0.1, 0.15) is 5.76 Å². The van der Waals surface area contributed by atoms with Gasteiger partial charge in [-0.25, -0.2) is 4.98 Å². The lowest BCUT2D eigenvalue weighted by Crippen LogP contribution is -2.29. The number of aliphatic hydroxyl groups excluding tert-OH is 1. The fourth-order valence-corrected chi connectivity index (χ4v) is 5.30. The summed E-state index contributed by atoms with van der Waals surface area (Å²) in [6.07, 6.45) is 3.83. The molecule has 3 aromatic rings. The van der Waals surface area contributed by atoms with E-state index in [1.54, 1.807) is 37.3 Å². The van der Waals surface area contributed by atoms with E-state index in [-0.39, 0.29) is 22.2 Å². The van der Waals surface area contributed by atoms with Crippen LogP contribution in [0, 0.1) is 12.8 Å². The van der Waals surface area contributed by atoms with Crippen LogP contribution in [0.3, 0.4) is 0 Å². The number of nitrogens with zero attached hydrogens (tertiary/aromatic N) is 3. The number of Topliss-reactive ketones (excluding diaryl/α,β-unsaturated/α-hetero) is 2. The number of ketones is 2. The lowest BCUT2D eigenvalue weighted by molar-refractivity contribution is -0.132. The van der Waals surface area contributed by atoms with E-state index in [1.807, 2.05) is 6.92 Å². The predicted octanol–water partition coefficient (Wildman–Crippen LogP) is 5.50. The van der Waals surface area contributed by atoms with Gasteiger partial charge in [0.2, 0.25) is 0 Å². The van der Waals surface area contributed by atoms with Gasteiger partial charge < -0.3 is 14.6 Å². The van der Waals surface area contributed by atoms with Crippen molar-refractivity contribution in [2.45, 2.75) is 47.1 Å². The van der Waals surface area contributed by atoms with Gasteiger partial charge in [-0.1, -0.05) is 31.3 Å². The standard InChI is InChI=1S/C29H31N3O6S/c1-6-37-22-15-20(7-8-21(22)38-14-11-16(2)3)24-23(25(34)19-9-12-30-13-10-19)26(35)28(36)32(24)29-31-17(4)27(39-29)18(5)33/h7-10,12-13,15-16,24,34H,6,11,14H2,1-5H3. The number of anilines is 1. The molecule has 10 heteroatoms. The molecular weight excluding hydrogens is 518 g/mol. The minimum Gasteiger partial charge on any atom is -0.507 e. The summed E-state index contributed by atoms with van der Waals surface area (Å²) in [5.74, 6) is -0.781.